The van der Waals surface area contributed by atoms with Crippen molar-refractivity contribution in [3.63, 3.8) is 0 Å². The van der Waals surface area contributed by atoms with Gasteiger partial charge in [0.05, 0.1) is 6.54 Å². The van der Waals surface area contributed by atoms with Crippen LogP contribution >= 0.6 is 0 Å². The zero-order valence-electron chi connectivity index (χ0n) is 14.3. The largest absolute Gasteiger partial charge is 0.334 e. The molecule has 0 aliphatic rings. The number of carbonyl (C=O) groups excluding carboxylic acids is 2. The van der Waals surface area contributed by atoms with Gasteiger partial charge < -0.3 is 16.0 Å². The topological polar surface area (TPSA) is 70.2 Å². The lowest BCUT2D eigenvalue weighted by Gasteiger charge is -2.11. The number of carbonyl (C=O) groups is 2. The Bertz CT molecular complexity index is 724. The molecule has 5 heteroatoms. The van der Waals surface area contributed by atoms with E-state index in [9.17, 15) is 9.59 Å². The summed E-state index contributed by atoms with van der Waals surface area (Å²) >= 11 is 0. The molecule has 0 atom stereocenters. The summed E-state index contributed by atoms with van der Waals surface area (Å²) in [6, 6.07) is 13.4. The Balaban J connectivity index is 1.75. The van der Waals surface area contributed by atoms with Gasteiger partial charge in [0.1, 0.15) is 0 Å². The normalized spacial score (nSPS) is 10.1. The first kappa shape index (κ1) is 17.5. The standard InChI is InChI=1S/C19H23N3O2/c1-13-5-8-16(9-6-13)11-20-19(24)21-12-18(23)22-17-10-14(2)4-7-15(17)3/h4-10H,11-12H2,1-3H3,(H,22,23)(H2,20,21,24). The quantitative estimate of drug-likeness (QED) is 0.791. The Labute approximate surface area is 142 Å². The minimum atomic E-state index is -0.369. The molecule has 0 unspecified atom stereocenters. The molecule has 0 aliphatic carbocycles. The van der Waals surface area contributed by atoms with Crippen LogP contribution in [0.2, 0.25) is 0 Å². The molecule has 0 spiro atoms. The maximum Gasteiger partial charge on any atom is 0.315 e. The van der Waals surface area contributed by atoms with Crippen LogP contribution in [0.5, 0.6) is 0 Å². The van der Waals surface area contributed by atoms with Gasteiger partial charge >= 0.3 is 6.03 Å². The first-order valence-electron chi connectivity index (χ1n) is 7.88. The lowest BCUT2D eigenvalue weighted by Crippen LogP contribution is -2.39. The Morgan fingerprint density at radius 1 is 0.875 bits per heavy atom. The van der Waals surface area contributed by atoms with Crippen LogP contribution in [-0.2, 0) is 11.3 Å². The van der Waals surface area contributed by atoms with E-state index in [1.165, 1.54) is 5.56 Å². The van der Waals surface area contributed by atoms with Gasteiger partial charge in [-0.05, 0) is 43.5 Å². The minimum Gasteiger partial charge on any atom is -0.334 e. The number of rotatable bonds is 5. The minimum absolute atomic E-state index is 0.0763. The summed E-state index contributed by atoms with van der Waals surface area (Å²) in [6.45, 7) is 6.25. The fourth-order valence-electron chi connectivity index (χ4n) is 2.18. The summed E-state index contributed by atoms with van der Waals surface area (Å²) in [5, 5.41) is 8.09. The van der Waals surface area contributed by atoms with Gasteiger partial charge in [0.2, 0.25) is 5.91 Å². The van der Waals surface area contributed by atoms with E-state index < -0.39 is 0 Å². The Morgan fingerprint density at radius 3 is 2.25 bits per heavy atom. The van der Waals surface area contributed by atoms with Gasteiger partial charge in [-0.3, -0.25) is 4.79 Å². The third-order valence-electron chi connectivity index (χ3n) is 3.65. The molecule has 3 N–H and O–H groups in total. The SMILES string of the molecule is Cc1ccc(CNC(=O)NCC(=O)Nc2cc(C)ccc2C)cc1. The number of urea groups is 1. The monoisotopic (exact) mass is 325 g/mol. The highest BCUT2D eigenvalue weighted by Crippen LogP contribution is 2.15. The molecule has 0 saturated carbocycles. The molecule has 3 amide bonds. The molecular formula is C19H23N3O2. The van der Waals surface area contributed by atoms with E-state index in [-0.39, 0.29) is 18.5 Å². The third-order valence-corrected chi connectivity index (χ3v) is 3.65. The van der Waals surface area contributed by atoms with Gasteiger partial charge in [-0.1, -0.05) is 42.0 Å². The van der Waals surface area contributed by atoms with Crippen molar-refractivity contribution in [2.45, 2.75) is 27.3 Å². The summed E-state index contributed by atoms with van der Waals surface area (Å²) in [6.07, 6.45) is 0. The average molecular weight is 325 g/mol. The maximum absolute atomic E-state index is 11.9. The van der Waals surface area contributed by atoms with E-state index in [1.807, 2.05) is 63.2 Å². The summed E-state index contributed by atoms with van der Waals surface area (Å²) in [5.41, 5.74) is 5.00. The Hall–Kier alpha value is -2.82. The molecule has 24 heavy (non-hydrogen) atoms. The number of benzene rings is 2. The van der Waals surface area contributed by atoms with Gasteiger partial charge in [0, 0.05) is 12.2 Å². The highest BCUT2D eigenvalue weighted by atomic mass is 16.2. The molecule has 126 valence electrons. The number of hydrogen-bond donors (Lipinski definition) is 3. The molecule has 5 nitrogen and oxygen atoms in total. The number of hydrogen-bond acceptors (Lipinski definition) is 2. The molecule has 2 aromatic carbocycles. The Kier molecular flexibility index (Phi) is 5.95. The molecule has 0 radical (unpaired) electrons. The molecule has 0 aliphatic heterocycles. The van der Waals surface area contributed by atoms with E-state index >= 15 is 0 Å². The smallest absolute Gasteiger partial charge is 0.315 e. The second-order valence-electron chi connectivity index (χ2n) is 5.89. The number of anilines is 1. The van der Waals surface area contributed by atoms with E-state index in [1.54, 1.807) is 0 Å². The van der Waals surface area contributed by atoms with Crippen molar-refractivity contribution in [1.82, 2.24) is 10.6 Å². The molecule has 2 rings (SSSR count). The highest BCUT2D eigenvalue weighted by molar-refractivity contribution is 5.94. The van der Waals surface area contributed by atoms with Gasteiger partial charge in [-0.25, -0.2) is 4.79 Å². The van der Waals surface area contributed by atoms with E-state index in [4.69, 9.17) is 0 Å². The fourth-order valence-corrected chi connectivity index (χ4v) is 2.18. The predicted octanol–water partition coefficient (Wildman–Crippen LogP) is 3.05. The van der Waals surface area contributed by atoms with E-state index in [2.05, 4.69) is 16.0 Å². The first-order valence-corrected chi connectivity index (χ1v) is 7.88. The zero-order valence-corrected chi connectivity index (χ0v) is 14.3. The number of nitrogens with one attached hydrogen (secondary N) is 3. The van der Waals surface area contributed by atoms with Crippen molar-refractivity contribution in [3.8, 4) is 0 Å². The second kappa shape index (κ2) is 8.15. The molecule has 0 fully saturated rings. The van der Waals surface area contributed by atoms with Crippen molar-refractivity contribution in [2.24, 2.45) is 0 Å². The molecule has 2 aromatic rings. The molecular weight excluding hydrogens is 302 g/mol. The van der Waals surface area contributed by atoms with E-state index in [0.29, 0.717) is 6.54 Å². The number of amides is 3. The maximum atomic E-state index is 11.9. The Morgan fingerprint density at radius 2 is 1.54 bits per heavy atom. The zero-order chi connectivity index (χ0) is 17.5. The van der Waals surface area contributed by atoms with Crippen LogP contribution in [0.25, 0.3) is 0 Å². The number of aryl methyl sites for hydroxylation is 3. The van der Waals surface area contributed by atoms with Crippen LogP contribution in [0.4, 0.5) is 10.5 Å². The fraction of sp³-hybridized carbons (Fsp3) is 0.263. The second-order valence-corrected chi connectivity index (χ2v) is 5.89. The van der Waals surface area contributed by atoms with Crippen molar-refractivity contribution in [3.05, 3.63) is 64.7 Å². The van der Waals surface area contributed by atoms with Crippen LogP contribution in [0.3, 0.4) is 0 Å². The van der Waals surface area contributed by atoms with Gasteiger partial charge in [-0.15, -0.1) is 0 Å². The van der Waals surface area contributed by atoms with Crippen molar-refractivity contribution >= 4 is 17.6 Å². The summed E-state index contributed by atoms with van der Waals surface area (Å²) in [7, 11) is 0. The van der Waals surface area contributed by atoms with Gasteiger partial charge in [-0.2, -0.15) is 0 Å². The van der Waals surface area contributed by atoms with Crippen LogP contribution in [-0.4, -0.2) is 18.5 Å². The van der Waals surface area contributed by atoms with E-state index in [0.717, 1.165) is 22.4 Å². The summed E-state index contributed by atoms with van der Waals surface area (Å²) < 4.78 is 0. The molecule has 0 bridgehead atoms. The summed E-state index contributed by atoms with van der Waals surface area (Å²) in [5.74, 6) is -0.255. The molecule has 0 heterocycles. The van der Waals surface area contributed by atoms with Crippen LogP contribution < -0.4 is 16.0 Å². The lowest BCUT2D eigenvalue weighted by atomic mass is 10.1. The van der Waals surface area contributed by atoms with Crippen molar-refractivity contribution in [2.75, 3.05) is 11.9 Å². The average Bonchev–Trinajstić information content (AvgIpc) is 2.56. The summed E-state index contributed by atoms with van der Waals surface area (Å²) in [4.78, 5) is 23.7. The van der Waals surface area contributed by atoms with Gasteiger partial charge in [0.25, 0.3) is 0 Å². The molecule has 0 saturated heterocycles. The van der Waals surface area contributed by atoms with Gasteiger partial charge in [0.15, 0.2) is 0 Å². The lowest BCUT2D eigenvalue weighted by molar-refractivity contribution is -0.115. The highest BCUT2D eigenvalue weighted by Gasteiger charge is 2.07. The van der Waals surface area contributed by atoms with Crippen LogP contribution in [0.1, 0.15) is 22.3 Å². The first-order chi connectivity index (χ1) is 11.4. The van der Waals surface area contributed by atoms with Crippen LogP contribution in [0.15, 0.2) is 42.5 Å². The third kappa shape index (κ3) is 5.43. The molecule has 0 aromatic heterocycles. The van der Waals surface area contributed by atoms with Crippen molar-refractivity contribution in [1.29, 1.82) is 0 Å². The predicted molar refractivity (Wildman–Crippen MR) is 96.0 cm³/mol. The van der Waals surface area contributed by atoms with Crippen LogP contribution in [0, 0.1) is 20.8 Å². The van der Waals surface area contributed by atoms with Crippen molar-refractivity contribution < 1.29 is 9.59 Å².